The first-order valence-corrected chi connectivity index (χ1v) is 23.0. The van der Waals surface area contributed by atoms with Gasteiger partial charge in [0.05, 0.1) is 0 Å². The Bertz CT molecular complexity index is 1220. The Balaban J connectivity index is 0.000000225. The first kappa shape index (κ1) is 40.2. The van der Waals surface area contributed by atoms with Crippen LogP contribution in [-0.4, -0.2) is 9.13 Å². The van der Waals surface area contributed by atoms with Crippen LogP contribution in [0.4, 0.5) is 0 Å². The Kier molecular flexibility index (Phi) is 17.0. The molecule has 0 spiro atoms. The van der Waals surface area contributed by atoms with E-state index < -0.39 is 20.8 Å². The summed E-state index contributed by atoms with van der Waals surface area (Å²) in [6.45, 7) is 16.6. The molecule has 4 atom stereocenters. The summed E-state index contributed by atoms with van der Waals surface area (Å²) < 4.78 is 4.65. The Morgan fingerprint density at radius 3 is 1.80 bits per heavy atom. The van der Waals surface area contributed by atoms with Crippen molar-refractivity contribution < 1.29 is 20.8 Å². The van der Waals surface area contributed by atoms with Gasteiger partial charge >= 0.3 is 37.9 Å². The number of benzene rings is 1. The molecular formula is C40H60Cl2N2Zr. The standard InChI is InChI=1S/C14H21N.C14H13N.C10H20.2CH3.2ClH.Zr/c2*1-11-9-12-5-4-6-14(13(12)10-11)15-7-2-3-8-15;1-6-7(2)9(4)10(5)8(6)3;;;;;/h2-3,7-8,11-14H,4-6,9-10H2,1H3;2-9H,10H2,1H3;6-10H,1-5H3;2*1H3;2*1H;/q;;;2*-1;;;+4/p-2. The molecule has 4 aliphatic rings. The molecule has 2 aromatic heterocycles. The van der Waals surface area contributed by atoms with Gasteiger partial charge in [-0.15, -0.1) is 0 Å². The van der Waals surface area contributed by atoms with Gasteiger partial charge in [-0.3, -0.25) is 0 Å². The fourth-order valence-corrected chi connectivity index (χ4v) is 8.64. The second-order valence-corrected chi connectivity index (χ2v) is 17.8. The van der Waals surface area contributed by atoms with Gasteiger partial charge in [-0.1, -0.05) is 78.2 Å². The van der Waals surface area contributed by atoms with Crippen molar-refractivity contribution in [1.29, 1.82) is 0 Å². The van der Waals surface area contributed by atoms with E-state index in [-0.39, 0.29) is 14.9 Å². The van der Waals surface area contributed by atoms with E-state index in [2.05, 4.69) is 131 Å². The predicted molar refractivity (Wildman–Crippen MR) is 196 cm³/mol. The summed E-state index contributed by atoms with van der Waals surface area (Å²) in [6, 6.07) is 15.8. The number of hydrogen-bond acceptors (Lipinski definition) is 0. The molecule has 3 aromatic rings. The van der Waals surface area contributed by atoms with Crippen molar-refractivity contribution in [2.24, 2.45) is 47.3 Å². The van der Waals surface area contributed by atoms with E-state index >= 15 is 0 Å². The van der Waals surface area contributed by atoms with Gasteiger partial charge in [-0.05, 0) is 121 Å². The van der Waals surface area contributed by atoms with Crippen LogP contribution in [0.15, 0.2) is 72.8 Å². The Labute approximate surface area is 296 Å². The molecule has 4 unspecified atom stereocenters. The second kappa shape index (κ2) is 19.1. The van der Waals surface area contributed by atoms with Gasteiger partial charge in [0.15, 0.2) is 0 Å². The van der Waals surface area contributed by atoms with Crippen molar-refractivity contribution in [1.82, 2.24) is 9.13 Å². The monoisotopic (exact) mass is 728 g/mol. The van der Waals surface area contributed by atoms with Gasteiger partial charge in [0.1, 0.15) is 0 Å². The SMILES string of the molecule is CC1=Cc2cccc(-n3cccc3)c2C1.CC1C(C)C(C)C(C)C1C.CC1CC2CCCC(n3cccc3)C2C1.[CH3-].[CH3-].[Cl][Zr+2][Cl]. The quantitative estimate of drug-likeness (QED) is 0.232. The molecule has 7 rings (SSSR count). The van der Waals surface area contributed by atoms with E-state index in [0.717, 1.165) is 59.8 Å². The fraction of sp³-hybridized carbons (Fsp3) is 0.550. The first-order valence-electron chi connectivity index (χ1n) is 16.7. The summed E-state index contributed by atoms with van der Waals surface area (Å²) in [7, 11) is 9.87. The van der Waals surface area contributed by atoms with Crippen LogP contribution in [0, 0.1) is 62.2 Å². The topological polar surface area (TPSA) is 9.86 Å². The fourth-order valence-electron chi connectivity index (χ4n) is 8.64. The second-order valence-electron chi connectivity index (χ2n) is 14.1. The van der Waals surface area contributed by atoms with Gasteiger partial charge in [-0.25, -0.2) is 0 Å². The number of nitrogens with zero attached hydrogens (tertiary/aromatic N) is 2. The van der Waals surface area contributed by atoms with Gasteiger partial charge in [-0.2, -0.15) is 0 Å². The van der Waals surface area contributed by atoms with E-state index in [0.29, 0.717) is 0 Å². The molecule has 0 amide bonds. The molecule has 3 saturated carbocycles. The predicted octanol–water partition coefficient (Wildman–Crippen LogP) is 12.8. The molecule has 4 aliphatic carbocycles. The van der Waals surface area contributed by atoms with Crippen LogP contribution in [0.1, 0.15) is 97.7 Å². The molecule has 0 saturated heterocycles. The van der Waals surface area contributed by atoms with E-state index in [1.807, 2.05) is 0 Å². The van der Waals surface area contributed by atoms with E-state index in [1.165, 1.54) is 54.5 Å². The third-order valence-corrected chi connectivity index (χ3v) is 11.6. The number of aromatic nitrogens is 2. The van der Waals surface area contributed by atoms with Crippen LogP contribution in [0.3, 0.4) is 0 Å². The zero-order valence-electron chi connectivity index (χ0n) is 29.5. The summed E-state index contributed by atoms with van der Waals surface area (Å²) in [4.78, 5) is 0. The van der Waals surface area contributed by atoms with Crippen LogP contribution >= 0.6 is 17.0 Å². The maximum absolute atomic E-state index is 4.93. The molecule has 45 heavy (non-hydrogen) atoms. The minimum atomic E-state index is -0.826. The summed E-state index contributed by atoms with van der Waals surface area (Å²) >= 11 is -0.826. The Hall–Kier alpha value is -1.02. The summed E-state index contributed by atoms with van der Waals surface area (Å²) in [6.07, 6.45) is 19.4. The van der Waals surface area contributed by atoms with E-state index in [1.54, 1.807) is 0 Å². The van der Waals surface area contributed by atoms with Crippen LogP contribution in [0.25, 0.3) is 11.8 Å². The van der Waals surface area contributed by atoms with Crippen molar-refractivity contribution in [3.05, 3.63) is 98.8 Å². The van der Waals surface area contributed by atoms with E-state index in [9.17, 15) is 0 Å². The number of fused-ring (bicyclic) bond motifs is 2. The summed E-state index contributed by atoms with van der Waals surface area (Å²) in [5.74, 6) is 7.65. The third kappa shape index (κ3) is 10.00. The number of hydrogen-bond donors (Lipinski definition) is 0. The minimum absolute atomic E-state index is 0. The molecule has 2 heterocycles. The van der Waals surface area contributed by atoms with Gasteiger partial charge < -0.3 is 24.0 Å². The molecule has 5 heteroatoms. The van der Waals surface area contributed by atoms with Crippen molar-refractivity contribution >= 4 is 23.1 Å². The van der Waals surface area contributed by atoms with Crippen molar-refractivity contribution in [2.45, 2.75) is 93.0 Å². The molecule has 3 fully saturated rings. The number of halogens is 2. The van der Waals surface area contributed by atoms with Crippen LogP contribution in [0.2, 0.25) is 0 Å². The molecule has 0 N–H and O–H groups in total. The van der Waals surface area contributed by atoms with Crippen LogP contribution < -0.4 is 0 Å². The van der Waals surface area contributed by atoms with Crippen molar-refractivity contribution in [3.8, 4) is 5.69 Å². The molecule has 0 bridgehead atoms. The Morgan fingerprint density at radius 1 is 0.711 bits per heavy atom. The molecular weight excluding hydrogens is 671 g/mol. The average Bonchev–Trinajstić information content (AvgIpc) is 3.83. The van der Waals surface area contributed by atoms with Gasteiger partial charge in [0.2, 0.25) is 0 Å². The molecule has 1 aromatic carbocycles. The third-order valence-electron chi connectivity index (χ3n) is 11.6. The molecule has 0 aliphatic heterocycles. The summed E-state index contributed by atoms with van der Waals surface area (Å²) in [5.41, 5.74) is 5.58. The van der Waals surface area contributed by atoms with Gasteiger partial charge in [0, 0.05) is 36.5 Å². The zero-order chi connectivity index (χ0) is 31.1. The van der Waals surface area contributed by atoms with Crippen LogP contribution in [-0.2, 0) is 27.3 Å². The van der Waals surface area contributed by atoms with Crippen LogP contribution in [0.5, 0.6) is 0 Å². The summed E-state index contributed by atoms with van der Waals surface area (Å²) in [5, 5.41) is 0. The average molecular weight is 731 g/mol. The normalized spacial score (nSPS) is 30.6. The molecule has 2 nitrogen and oxygen atoms in total. The molecule has 248 valence electrons. The number of rotatable bonds is 2. The van der Waals surface area contributed by atoms with E-state index in [4.69, 9.17) is 17.0 Å². The zero-order valence-corrected chi connectivity index (χ0v) is 33.5. The number of allylic oxidation sites excluding steroid dienone is 1. The maximum atomic E-state index is 4.93. The van der Waals surface area contributed by atoms with Crippen molar-refractivity contribution in [2.75, 3.05) is 0 Å². The Morgan fingerprint density at radius 2 is 1.24 bits per heavy atom. The molecule has 0 radical (unpaired) electrons. The van der Waals surface area contributed by atoms with Gasteiger partial charge in [0.25, 0.3) is 0 Å². The van der Waals surface area contributed by atoms with Crippen molar-refractivity contribution in [3.63, 3.8) is 0 Å². The first-order chi connectivity index (χ1) is 20.7.